The maximum atomic E-state index is 11.4. The third-order valence-electron chi connectivity index (χ3n) is 1.58. The maximum absolute atomic E-state index is 11.4. The first-order chi connectivity index (χ1) is 6.37. The molecule has 0 aliphatic heterocycles. The number of nitrogens with one attached hydrogen (secondary N) is 1. The van der Waals surface area contributed by atoms with Crippen LogP contribution in [0, 0.1) is 0 Å². The monoisotopic (exact) mass is 202 g/mol. The van der Waals surface area contributed by atoms with E-state index in [0.29, 0.717) is 6.54 Å². The summed E-state index contributed by atoms with van der Waals surface area (Å²) in [4.78, 5) is 13.0. The predicted molar refractivity (Wildman–Crippen MR) is 57.4 cm³/mol. The summed E-state index contributed by atoms with van der Waals surface area (Å²) in [6, 6.07) is 0. The van der Waals surface area contributed by atoms with Crippen LogP contribution in [0.15, 0.2) is 0 Å². The topological polar surface area (TPSA) is 41.6 Å². The number of carbonyl (C=O) groups excluding carboxylic acids is 1. The second-order valence-corrected chi connectivity index (χ2v) is 4.26. The summed E-state index contributed by atoms with van der Waals surface area (Å²) in [5.41, 5.74) is -0.413. The highest BCUT2D eigenvalue weighted by Gasteiger charge is 2.18. The van der Waals surface area contributed by atoms with Crippen LogP contribution >= 0.6 is 0 Å². The van der Waals surface area contributed by atoms with Gasteiger partial charge in [-0.25, -0.2) is 4.79 Å². The first kappa shape index (κ1) is 13.2. The zero-order chi connectivity index (χ0) is 11.2. The summed E-state index contributed by atoms with van der Waals surface area (Å²) in [7, 11) is 1.74. The molecule has 0 atom stereocenters. The van der Waals surface area contributed by atoms with Crippen molar-refractivity contribution in [1.82, 2.24) is 10.2 Å². The Balaban J connectivity index is 3.77. The molecular formula is C10H22N2O2. The van der Waals surface area contributed by atoms with Crippen molar-refractivity contribution < 1.29 is 9.53 Å². The van der Waals surface area contributed by atoms with Gasteiger partial charge in [0.25, 0.3) is 0 Å². The molecule has 0 spiro atoms. The Hall–Kier alpha value is -0.770. The van der Waals surface area contributed by atoms with E-state index in [1.54, 1.807) is 11.9 Å². The van der Waals surface area contributed by atoms with Gasteiger partial charge in [-0.3, -0.25) is 0 Å². The van der Waals surface area contributed by atoms with Gasteiger partial charge < -0.3 is 15.0 Å². The Morgan fingerprint density at radius 1 is 1.43 bits per heavy atom. The molecule has 1 amide bonds. The number of likely N-dealkylation sites (N-methyl/N-ethyl adjacent to an activating group) is 2. The molecule has 14 heavy (non-hydrogen) atoms. The van der Waals surface area contributed by atoms with Crippen molar-refractivity contribution in [3.05, 3.63) is 0 Å². The van der Waals surface area contributed by atoms with Crippen molar-refractivity contribution in [3.8, 4) is 0 Å². The molecule has 4 heteroatoms. The second-order valence-electron chi connectivity index (χ2n) is 4.26. The number of amides is 1. The highest BCUT2D eigenvalue weighted by molar-refractivity contribution is 5.67. The molecule has 0 unspecified atom stereocenters. The SMILES string of the molecule is CCNCCN(C)C(=O)OC(C)(C)C. The molecule has 0 heterocycles. The Morgan fingerprint density at radius 2 is 2.00 bits per heavy atom. The van der Waals surface area contributed by atoms with Crippen LogP contribution in [-0.4, -0.2) is 43.3 Å². The van der Waals surface area contributed by atoms with Gasteiger partial charge in [0, 0.05) is 20.1 Å². The Bertz CT molecular complexity index is 175. The molecule has 0 radical (unpaired) electrons. The van der Waals surface area contributed by atoms with E-state index in [2.05, 4.69) is 5.32 Å². The van der Waals surface area contributed by atoms with Crippen LogP contribution in [0.4, 0.5) is 4.79 Å². The number of carbonyl (C=O) groups is 1. The van der Waals surface area contributed by atoms with Crippen molar-refractivity contribution in [1.29, 1.82) is 0 Å². The fourth-order valence-electron chi connectivity index (χ4n) is 0.855. The summed E-state index contributed by atoms with van der Waals surface area (Å²) < 4.78 is 5.19. The van der Waals surface area contributed by atoms with Gasteiger partial charge in [-0.2, -0.15) is 0 Å². The summed E-state index contributed by atoms with van der Waals surface area (Å²) in [6.45, 7) is 10.0. The molecule has 0 aromatic heterocycles. The molecule has 0 aliphatic carbocycles. The van der Waals surface area contributed by atoms with Gasteiger partial charge in [-0.15, -0.1) is 0 Å². The molecule has 0 aromatic carbocycles. The van der Waals surface area contributed by atoms with E-state index in [1.807, 2.05) is 27.7 Å². The standard InChI is InChI=1S/C10H22N2O2/c1-6-11-7-8-12(5)9(13)14-10(2,3)4/h11H,6-8H2,1-5H3. The summed E-state index contributed by atoms with van der Waals surface area (Å²) >= 11 is 0. The van der Waals surface area contributed by atoms with Crippen LogP contribution in [0.3, 0.4) is 0 Å². The van der Waals surface area contributed by atoms with Crippen molar-refractivity contribution in [2.24, 2.45) is 0 Å². The Labute approximate surface area is 86.6 Å². The lowest BCUT2D eigenvalue weighted by Gasteiger charge is -2.24. The number of ether oxygens (including phenoxy) is 1. The fourth-order valence-corrected chi connectivity index (χ4v) is 0.855. The molecular weight excluding hydrogens is 180 g/mol. The molecule has 0 saturated carbocycles. The Morgan fingerprint density at radius 3 is 2.43 bits per heavy atom. The number of hydrogen-bond donors (Lipinski definition) is 1. The average molecular weight is 202 g/mol. The molecule has 0 saturated heterocycles. The maximum Gasteiger partial charge on any atom is 0.410 e. The van der Waals surface area contributed by atoms with Crippen molar-refractivity contribution in [2.45, 2.75) is 33.3 Å². The van der Waals surface area contributed by atoms with E-state index < -0.39 is 5.60 Å². The minimum absolute atomic E-state index is 0.268. The zero-order valence-electron chi connectivity index (χ0n) is 9.89. The first-order valence-corrected chi connectivity index (χ1v) is 5.01. The minimum atomic E-state index is -0.413. The van der Waals surface area contributed by atoms with Crippen molar-refractivity contribution >= 4 is 6.09 Å². The number of nitrogens with zero attached hydrogens (tertiary/aromatic N) is 1. The van der Waals surface area contributed by atoms with E-state index in [1.165, 1.54) is 0 Å². The average Bonchev–Trinajstić information content (AvgIpc) is 2.01. The summed E-state index contributed by atoms with van der Waals surface area (Å²) in [5.74, 6) is 0. The molecule has 0 aliphatic rings. The van der Waals surface area contributed by atoms with Gasteiger partial charge in [0.1, 0.15) is 5.60 Å². The van der Waals surface area contributed by atoms with Gasteiger partial charge in [0.15, 0.2) is 0 Å². The lowest BCUT2D eigenvalue weighted by Crippen LogP contribution is -2.37. The largest absolute Gasteiger partial charge is 0.444 e. The third-order valence-corrected chi connectivity index (χ3v) is 1.58. The highest BCUT2D eigenvalue weighted by atomic mass is 16.6. The normalized spacial score (nSPS) is 11.2. The fraction of sp³-hybridized carbons (Fsp3) is 0.900. The minimum Gasteiger partial charge on any atom is -0.444 e. The molecule has 1 N–H and O–H groups in total. The van der Waals surface area contributed by atoms with Crippen molar-refractivity contribution in [3.63, 3.8) is 0 Å². The van der Waals surface area contributed by atoms with Crippen LogP contribution in [0.25, 0.3) is 0 Å². The van der Waals surface area contributed by atoms with Crippen LogP contribution in [0.1, 0.15) is 27.7 Å². The van der Waals surface area contributed by atoms with Gasteiger partial charge in [0.2, 0.25) is 0 Å². The van der Waals surface area contributed by atoms with E-state index in [0.717, 1.165) is 13.1 Å². The van der Waals surface area contributed by atoms with E-state index in [4.69, 9.17) is 4.74 Å². The molecule has 0 fully saturated rings. The predicted octanol–water partition coefficient (Wildman–Crippen LogP) is 1.46. The third kappa shape index (κ3) is 6.71. The first-order valence-electron chi connectivity index (χ1n) is 5.01. The van der Waals surface area contributed by atoms with Gasteiger partial charge in [-0.1, -0.05) is 6.92 Å². The van der Waals surface area contributed by atoms with Gasteiger partial charge in [-0.05, 0) is 27.3 Å². The summed E-state index contributed by atoms with van der Waals surface area (Å²) in [5, 5.41) is 3.15. The number of rotatable bonds is 4. The molecule has 0 aromatic rings. The van der Waals surface area contributed by atoms with E-state index in [9.17, 15) is 4.79 Å². The highest BCUT2D eigenvalue weighted by Crippen LogP contribution is 2.08. The lowest BCUT2D eigenvalue weighted by molar-refractivity contribution is 0.0301. The number of hydrogen-bond acceptors (Lipinski definition) is 3. The van der Waals surface area contributed by atoms with Crippen LogP contribution in [0.2, 0.25) is 0 Å². The van der Waals surface area contributed by atoms with Crippen LogP contribution < -0.4 is 5.32 Å². The van der Waals surface area contributed by atoms with E-state index in [-0.39, 0.29) is 6.09 Å². The van der Waals surface area contributed by atoms with Crippen LogP contribution in [-0.2, 0) is 4.74 Å². The zero-order valence-corrected chi connectivity index (χ0v) is 9.89. The molecule has 4 nitrogen and oxygen atoms in total. The lowest BCUT2D eigenvalue weighted by atomic mass is 10.2. The molecule has 84 valence electrons. The molecule has 0 rings (SSSR count). The second kappa shape index (κ2) is 5.86. The smallest absolute Gasteiger partial charge is 0.410 e. The van der Waals surface area contributed by atoms with Crippen LogP contribution in [0.5, 0.6) is 0 Å². The molecule has 0 bridgehead atoms. The van der Waals surface area contributed by atoms with Gasteiger partial charge in [0.05, 0.1) is 0 Å². The Kier molecular flexibility index (Phi) is 5.53. The quantitative estimate of drug-likeness (QED) is 0.702. The van der Waals surface area contributed by atoms with Crippen molar-refractivity contribution in [2.75, 3.05) is 26.7 Å². The summed E-state index contributed by atoms with van der Waals surface area (Å²) in [6.07, 6.45) is -0.268. The van der Waals surface area contributed by atoms with E-state index >= 15 is 0 Å². The van der Waals surface area contributed by atoms with Gasteiger partial charge >= 0.3 is 6.09 Å².